The van der Waals surface area contributed by atoms with E-state index in [1.54, 1.807) is 0 Å². The molecule has 7 N–H and O–H groups in total. The van der Waals surface area contributed by atoms with Crippen LogP contribution < -0.4 is 11.4 Å². The zero-order valence-corrected chi connectivity index (χ0v) is 15.0. The SMILES string of the molecule is Nc1ccn([C@@H]2O[C@H](C(OOP(=O)(O)O)OP(=O)(O)O)[C@@H](O)C2(F)F)c(=O)n1. The lowest BCUT2D eigenvalue weighted by molar-refractivity contribution is -0.339. The number of rotatable bonds is 7. The summed E-state index contributed by atoms with van der Waals surface area (Å²) in [4.78, 5) is 53.6. The van der Waals surface area contributed by atoms with E-state index in [4.69, 9.17) is 30.0 Å². The fraction of sp³-hybridized carbons (Fsp3) is 0.556. The average Bonchev–Trinajstić information content (AvgIpc) is 2.73. The van der Waals surface area contributed by atoms with Gasteiger partial charge in [0, 0.05) is 6.20 Å². The van der Waals surface area contributed by atoms with E-state index in [2.05, 4.69) is 19.1 Å². The van der Waals surface area contributed by atoms with E-state index < -0.39 is 52.0 Å². The molecule has 2 heterocycles. The Balaban J connectivity index is 2.37. The summed E-state index contributed by atoms with van der Waals surface area (Å²) in [6.45, 7) is 0. The average molecular weight is 455 g/mol. The number of phosphoric acid groups is 2. The third kappa shape index (κ3) is 5.37. The predicted molar refractivity (Wildman–Crippen MR) is 78.9 cm³/mol. The zero-order valence-electron chi connectivity index (χ0n) is 13.2. The Kier molecular flexibility index (Phi) is 6.40. The van der Waals surface area contributed by atoms with Crippen molar-refractivity contribution < 1.29 is 61.4 Å². The number of aliphatic hydroxyl groups excluding tert-OH is 1. The highest BCUT2D eigenvalue weighted by Gasteiger charge is 2.63. The minimum Gasteiger partial charge on any atom is -0.384 e. The van der Waals surface area contributed by atoms with Crippen LogP contribution in [0.3, 0.4) is 0 Å². The summed E-state index contributed by atoms with van der Waals surface area (Å²) < 4.78 is 62.8. The third-order valence-corrected chi connectivity index (χ3v) is 3.93. The van der Waals surface area contributed by atoms with Gasteiger partial charge in [-0.1, -0.05) is 0 Å². The number of nitrogen functional groups attached to an aromatic ring is 1. The quantitative estimate of drug-likeness (QED) is 0.115. The van der Waals surface area contributed by atoms with Crippen molar-refractivity contribution in [1.82, 2.24) is 9.55 Å². The molecule has 2 rings (SSSR count). The Morgan fingerprint density at radius 1 is 1.29 bits per heavy atom. The van der Waals surface area contributed by atoms with E-state index in [0.29, 0.717) is 0 Å². The van der Waals surface area contributed by atoms with Gasteiger partial charge in [-0.15, -0.1) is 4.67 Å². The molecule has 0 aromatic carbocycles. The van der Waals surface area contributed by atoms with Crippen molar-refractivity contribution in [2.45, 2.75) is 30.6 Å². The van der Waals surface area contributed by atoms with Gasteiger partial charge in [0.15, 0.2) is 6.10 Å². The van der Waals surface area contributed by atoms with E-state index in [9.17, 15) is 27.8 Å². The number of hydrogen-bond acceptors (Lipinski definition) is 10. The second kappa shape index (κ2) is 7.81. The normalized spacial score (nSPS) is 26.3. The van der Waals surface area contributed by atoms with E-state index in [1.165, 1.54) is 0 Å². The number of nitrogens with two attached hydrogens (primary N) is 1. The number of anilines is 1. The monoisotopic (exact) mass is 455 g/mol. The maximum atomic E-state index is 14.4. The first-order valence-corrected chi connectivity index (χ1v) is 9.88. The van der Waals surface area contributed by atoms with Crippen LogP contribution >= 0.6 is 15.6 Å². The Morgan fingerprint density at radius 2 is 1.89 bits per heavy atom. The molecule has 28 heavy (non-hydrogen) atoms. The number of phosphoric ester groups is 1. The number of nitrogens with zero attached hydrogens (tertiary/aromatic N) is 2. The van der Waals surface area contributed by atoms with Crippen LogP contribution in [0.5, 0.6) is 0 Å². The van der Waals surface area contributed by atoms with Gasteiger partial charge in [-0.25, -0.2) is 13.9 Å². The highest BCUT2D eigenvalue weighted by atomic mass is 31.2. The second-order valence-electron chi connectivity index (χ2n) is 5.24. The molecule has 1 aliphatic rings. The molecule has 0 aliphatic carbocycles. The fourth-order valence-electron chi connectivity index (χ4n) is 2.11. The van der Waals surface area contributed by atoms with Crippen molar-refractivity contribution in [1.29, 1.82) is 0 Å². The lowest BCUT2D eigenvalue weighted by atomic mass is 10.1. The van der Waals surface area contributed by atoms with Crippen molar-refractivity contribution in [3.05, 3.63) is 22.7 Å². The molecule has 1 saturated heterocycles. The minimum absolute atomic E-state index is 0.206. The Morgan fingerprint density at radius 3 is 2.39 bits per heavy atom. The molecule has 160 valence electrons. The van der Waals surface area contributed by atoms with Crippen LogP contribution in [0, 0.1) is 0 Å². The number of alkyl halides is 2. The molecule has 0 amide bonds. The standard InChI is InChI=1S/C9H13F2N3O12P2/c10-9(11)5(15)4(6(25-27(17,18)19)24-26-28(20,21)22)23-7(9)14-2-1-3(12)13-8(14)16/h1-2,4-7,15H,(H2,12,13,16)(H2,17,18,19)(H2,20,21,22)/t4-,5+,6?,7+/m0/s1. The highest BCUT2D eigenvalue weighted by molar-refractivity contribution is 7.46. The first-order valence-electron chi connectivity index (χ1n) is 6.82. The first-order chi connectivity index (χ1) is 12.6. The molecule has 1 aromatic rings. The van der Waals surface area contributed by atoms with Crippen molar-refractivity contribution in [2.24, 2.45) is 0 Å². The van der Waals surface area contributed by atoms with Gasteiger partial charge in [0.25, 0.3) is 0 Å². The summed E-state index contributed by atoms with van der Waals surface area (Å²) in [5, 5.41) is 9.79. The first kappa shape index (κ1) is 22.9. The van der Waals surface area contributed by atoms with Crippen LogP contribution in [-0.4, -0.2) is 58.7 Å². The van der Waals surface area contributed by atoms with Crippen LogP contribution in [0.25, 0.3) is 0 Å². The molecular formula is C9H13F2N3O12P2. The smallest absolute Gasteiger partial charge is 0.384 e. The van der Waals surface area contributed by atoms with Crippen molar-refractivity contribution in [2.75, 3.05) is 5.73 Å². The number of aromatic nitrogens is 2. The Labute approximate surface area is 152 Å². The van der Waals surface area contributed by atoms with Crippen molar-refractivity contribution in [3.8, 4) is 0 Å². The third-order valence-electron chi connectivity index (χ3n) is 3.17. The molecular weight excluding hydrogens is 442 g/mol. The maximum Gasteiger partial charge on any atom is 0.496 e. The summed E-state index contributed by atoms with van der Waals surface area (Å²) in [5.74, 6) is -4.60. The van der Waals surface area contributed by atoms with E-state index in [-0.39, 0.29) is 10.4 Å². The largest absolute Gasteiger partial charge is 0.496 e. The molecule has 0 saturated carbocycles. The van der Waals surface area contributed by atoms with Gasteiger partial charge < -0.3 is 35.2 Å². The summed E-state index contributed by atoms with van der Waals surface area (Å²) in [6.07, 6.45) is -10.0. The highest BCUT2D eigenvalue weighted by Crippen LogP contribution is 2.48. The summed E-state index contributed by atoms with van der Waals surface area (Å²) >= 11 is 0. The number of aliphatic hydroxyl groups is 1. The van der Waals surface area contributed by atoms with E-state index >= 15 is 0 Å². The molecule has 19 heteroatoms. The number of hydrogen-bond donors (Lipinski definition) is 6. The van der Waals surface area contributed by atoms with Crippen LogP contribution in [0.2, 0.25) is 0 Å². The molecule has 1 aromatic heterocycles. The summed E-state index contributed by atoms with van der Waals surface area (Å²) in [5.41, 5.74) is 3.91. The predicted octanol–water partition coefficient (Wildman–Crippen LogP) is -1.80. The minimum atomic E-state index is -5.52. The van der Waals surface area contributed by atoms with Gasteiger partial charge in [-0.3, -0.25) is 9.09 Å². The van der Waals surface area contributed by atoms with Crippen molar-refractivity contribution in [3.63, 3.8) is 0 Å². The van der Waals surface area contributed by atoms with Gasteiger partial charge in [-0.05, 0) is 6.07 Å². The van der Waals surface area contributed by atoms with Crippen molar-refractivity contribution >= 4 is 21.5 Å². The molecule has 15 nitrogen and oxygen atoms in total. The molecule has 0 radical (unpaired) electrons. The second-order valence-corrected chi connectivity index (χ2v) is 7.56. The van der Waals surface area contributed by atoms with Crippen LogP contribution in [0.15, 0.2) is 17.1 Å². The molecule has 0 spiro atoms. The molecule has 1 fully saturated rings. The van der Waals surface area contributed by atoms with Gasteiger partial charge in [0.1, 0.15) is 11.9 Å². The lowest BCUT2D eigenvalue weighted by Crippen LogP contribution is -2.44. The Hall–Kier alpha value is -1.36. The van der Waals surface area contributed by atoms with Gasteiger partial charge in [-0.2, -0.15) is 18.7 Å². The van der Waals surface area contributed by atoms with Gasteiger partial charge >= 0.3 is 27.3 Å². The molecule has 1 aliphatic heterocycles. The lowest BCUT2D eigenvalue weighted by Gasteiger charge is -2.24. The van der Waals surface area contributed by atoms with Crippen LogP contribution in [0.1, 0.15) is 6.23 Å². The van der Waals surface area contributed by atoms with Gasteiger partial charge in [0.05, 0.1) is 0 Å². The van der Waals surface area contributed by atoms with Gasteiger partial charge in [0.2, 0.25) is 12.5 Å². The number of ether oxygens (including phenoxy) is 1. The summed E-state index contributed by atoms with van der Waals surface area (Å²) in [6, 6.07) is 0.942. The van der Waals surface area contributed by atoms with Crippen LogP contribution in [-0.2, 0) is 28.0 Å². The number of halogens is 2. The zero-order chi connectivity index (χ0) is 21.5. The van der Waals surface area contributed by atoms with Crippen LogP contribution in [0.4, 0.5) is 14.6 Å². The molecule has 0 bridgehead atoms. The molecule has 1 unspecified atom stereocenters. The summed E-state index contributed by atoms with van der Waals surface area (Å²) in [7, 11) is -10.9. The Bertz CT molecular complexity index is 870. The fourth-order valence-corrected chi connectivity index (χ4v) is 2.74. The maximum absolute atomic E-state index is 14.4. The van der Waals surface area contributed by atoms with E-state index in [1.807, 2.05) is 0 Å². The molecule has 4 atom stereocenters. The topological polar surface area (TPSA) is 233 Å². The van der Waals surface area contributed by atoms with E-state index in [0.717, 1.165) is 12.3 Å².